The second-order valence-electron chi connectivity index (χ2n) is 5.96. The molecule has 116 valence electrons. The van der Waals surface area contributed by atoms with Gasteiger partial charge in [0, 0.05) is 12.6 Å². The van der Waals surface area contributed by atoms with Gasteiger partial charge in [-0.1, -0.05) is 19.9 Å². The van der Waals surface area contributed by atoms with Gasteiger partial charge in [0.15, 0.2) is 0 Å². The van der Waals surface area contributed by atoms with Gasteiger partial charge in [-0.15, -0.1) is 0 Å². The lowest BCUT2D eigenvalue weighted by molar-refractivity contribution is -0.118. The first-order valence-electron chi connectivity index (χ1n) is 6.78. The Bertz CT molecular complexity index is 556. The van der Waals surface area contributed by atoms with Gasteiger partial charge >= 0.3 is 5.97 Å². The number of ether oxygens (including phenoxy) is 1. The summed E-state index contributed by atoms with van der Waals surface area (Å²) in [5.41, 5.74) is -0.325. The summed E-state index contributed by atoms with van der Waals surface area (Å²) in [4.78, 5) is 22.4. The average molecular weight is 294 g/mol. The number of rotatable bonds is 7. The highest BCUT2D eigenvalue weighted by molar-refractivity contribution is 5.90. The number of nitrogens with zero attached hydrogens (tertiary/aromatic N) is 2. The molecule has 0 radical (unpaired) electrons. The second kappa shape index (κ2) is 6.56. The predicted octanol–water partition coefficient (Wildman–Crippen LogP) is 2.84. The Labute approximate surface area is 124 Å². The number of hydrogen-bond donors (Lipinski definition) is 1. The van der Waals surface area contributed by atoms with Crippen molar-refractivity contribution in [2.45, 2.75) is 47.1 Å². The molecule has 0 amide bonds. The lowest BCUT2D eigenvalue weighted by Gasteiger charge is -2.18. The Balaban J connectivity index is 3.08. The lowest BCUT2D eigenvalue weighted by Crippen LogP contribution is -2.14. The number of carbonyl (C=O) groups excluding carboxylic acids is 1. The molecule has 0 aromatic carbocycles. The molecule has 1 heterocycles. The largest absolute Gasteiger partial charge is 0.477 e. The molecule has 1 rings (SSSR count). The zero-order chi connectivity index (χ0) is 16.2. The van der Waals surface area contributed by atoms with Crippen molar-refractivity contribution in [3.05, 3.63) is 17.8 Å². The number of allylic oxidation sites excluding steroid dienone is 1. The molecule has 0 fully saturated rings. The first-order valence-corrected chi connectivity index (χ1v) is 6.78. The molecular weight excluding hydrogens is 272 g/mol. The van der Waals surface area contributed by atoms with Crippen molar-refractivity contribution in [3.8, 4) is 5.88 Å². The Morgan fingerprint density at radius 1 is 1.48 bits per heavy atom. The van der Waals surface area contributed by atoms with Crippen molar-refractivity contribution in [2.75, 3.05) is 0 Å². The molecule has 0 saturated heterocycles. The molecule has 0 bridgehead atoms. The van der Waals surface area contributed by atoms with E-state index in [9.17, 15) is 9.59 Å². The number of Topliss-reactive ketones (excluding diaryl/α,β-unsaturated/α-hetero) is 1. The fraction of sp³-hybridized carbons (Fsp3) is 0.533. The third kappa shape index (κ3) is 5.06. The minimum atomic E-state index is -1.09. The van der Waals surface area contributed by atoms with E-state index in [1.165, 1.54) is 10.9 Å². The van der Waals surface area contributed by atoms with Gasteiger partial charge < -0.3 is 9.84 Å². The van der Waals surface area contributed by atoms with Gasteiger partial charge in [0.2, 0.25) is 5.88 Å². The first-order chi connectivity index (χ1) is 9.62. The molecule has 0 atom stereocenters. The monoisotopic (exact) mass is 294 g/mol. The van der Waals surface area contributed by atoms with E-state index >= 15 is 0 Å². The van der Waals surface area contributed by atoms with Crippen LogP contribution in [0.1, 0.15) is 51.4 Å². The third-order valence-electron chi connectivity index (χ3n) is 2.70. The normalized spacial score (nSPS) is 12.1. The van der Waals surface area contributed by atoms with Crippen LogP contribution in [0.2, 0.25) is 0 Å². The van der Waals surface area contributed by atoms with Crippen LogP contribution in [0.15, 0.2) is 12.3 Å². The molecule has 0 aliphatic carbocycles. The first kappa shape index (κ1) is 16.9. The highest BCUT2D eigenvalue weighted by atomic mass is 16.5. The predicted molar refractivity (Wildman–Crippen MR) is 79.4 cm³/mol. The molecule has 1 aromatic heterocycles. The molecule has 0 spiro atoms. The van der Waals surface area contributed by atoms with Gasteiger partial charge in [0.05, 0.1) is 12.3 Å². The number of aromatic carboxylic acids is 1. The quantitative estimate of drug-likeness (QED) is 0.836. The summed E-state index contributed by atoms with van der Waals surface area (Å²) in [7, 11) is 0. The minimum absolute atomic E-state index is 0.0118. The van der Waals surface area contributed by atoms with Crippen LogP contribution in [0.3, 0.4) is 0 Å². The van der Waals surface area contributed by atoms with E-state index in [4.69, 9.17) is 9.84 Å². The molecule has 1 N–H and O–H groups in total. The summed E-state index contributed by atoms with van der Waals surface area (Å²) in [6.07, 6.45) is 4.93. The van der Waals surface area contributed by atoms with E-state index in [1.54, 1.807) is 13.1 Å². The number of aromatic nitrogens is 2. The van der Waals surface area contributed by atoms with Crippen molar-refractivity contribution in [3.63, 3.8) is 0 Å². The Morgan fingerprint density at radius 2 is 2.10 bits per heavy atom. The van der Waals surface area contributed by atoms with Crippen LogP contribution in [0, 0.1) is 5.41 Å². The maximum absolute atomic E-state index is 11.2. The molecular formula is C15H22N2O4. The zero-order valence-corrected chi connectivity index (χ0v) is 13.1. The minimum Gasteiger partial charge on any atom is -0.477 e. The summed E-state index contributed by atoms with van der Waals surface area (Å²) < 4.78 is 6.91. The summed E-state index contributed by atoms with van der Waals surface area (Å²) in [5.74, 6) is -0.810. The van der Waals surface area contributed by atoms with E-state index in [0.29, 0.717) is 6.42 Å². The average Bonchev–Trinajstić information content (AvgIpc) is 2.67. The van der Waals surface area contributed by atoms with Crippen molar-refractivity contribution >= 4 is 18.0 Å². The highest BCUT2D eigenvalue weighted by Crippen LogP contribution is 2.25. The number of ketones is 1. The Hall–Kier alpha value is -2.11. The van der Waals surface area contributed by atoms with E-state index in [1.807, 2.05) is 33.8 Å². The fourth-order valence-electron chi connectivity index (χ4n) is 1.92. The van der Waals surface area contributed by atoms with Crippen LogP contribution in [-0.4, -0.2) is 32.7 Å². The van der Waals surface area contributed by atoms with Crippen LogP contribution in [0.25, 0.3) is 6.20 Å². The van der Waals surface area contributed by atoms with Crippen molar-refractivity contribution in [2.24, 2.45) is 5.41 Å². The van der Waals surface area contributed by atoms with Gasteiger partial charge in [0.25, 0.3) is 0 Å². The van der Waals surface area contributed by atoms with E-state index in [2.05, 4.69) is 5.10 Å². The molecule has 6 heteroatoms. The molecule has 0 aliphatic rings. The van der Waals surface area contributed by atoms with Crippen molar-refractivity contribution in [1.82, 2.24) is 9.78 Å². The van der Waals surface area contributed by atoms with Crippen molar-refractivity contribution in [1.29, 1.82) is 0 Å². The van der Waals surface area contributed by atoms with Crippen molar-refractivity contribution < 1.29 is 19.4 Å². The van der Waals surface area contributed by atoms with Gasteiger partial charge in [-0.05, 0) is 26.2 Å². The van der Waals surface area contributed by atoms with Crippen LogP contribution in [0.5, 0.6) is 5.88 Å². The van der Waals surface area contributed by atoms with E-state index in [0.717, 1.165) is 0 Å². The van der Waals surface area contributed by atoms with Gasteiger partial charge in [-0.2, -0.15) is 5.10 Å². The van der Waals surface area contributed by atoms with Crippen LogP contribution in [-0.2, 0) is 4.79 Å². The van der Waals surface area contributed by atoms with Crippen LogP contribution >= 0.6 is 0 Å². The summed E-state index contributed by atoms with van der Waals surface area (Å²) in [6, 6.07) is 0. The third-order valence-corrected chi connectivity index (χ3v) is 2.70. The number of carbonyl (C=O) groups is 2. The molecule has 0 aliphatic heterocycles. The standard InChI is InChI=1S/C15H22N2O4/c1-10(2)21-13-12(14(19)20)9-16-17(13)7-6-15(4,5)8-11(3)18/h6-7,9-10H,8H2,1-5H3,(H,19,20)/b7-6+. The molecule has 21 heavy (non-hydrogen) atoms. The van der Waals surface area contributed by atoms with Gasteiger partial charge in [-0.25, -0.2) is 9.48 Å². The Kier molecular flexibility index (Phi) is 5.29. The summed E-state index contributed by atoms with van der Waals surface area (Å²) in [5, 5.41) is 13.1. The van der Waals surface area contributed by atoms with Gasteiger partial charge in [-0.3, -0.25) is 4.79 Å². The SMILES string of the molecule is CC(=O)CC(C)(C)/C=C/n1ncc(C(=O)O)c1OC(C)C. The maximum Gasteiger partial charge on any atom is 0.342 e. The maximum atomic E-state index is 11.2. The molecule has 0 unspecified atom stereocenters. The van der Waals surface area contributed by atoms with E-state index < -0.39 is 5.97 Å². The number of hydrogen-bond acceptors (Lipinski definition) is 4. The number of carboxylic acid groups (broad SMARTS) is 1. The summed E-state index contributed by atoms with van der Waals surface area (Å²) in [6.45, 7) is 9.02. The molecule has 0 saturated carbocycles. The van der Waals surface area contributed by atoms with Crippen LogP contribution < -0.4 is 4.74 Å². The fourth-order valence-corrected chi connectivity index (χ4v) is 1.92. The van der Waals surface area contributed by atoms with Gasteiger partial charge in [0.1, 0.15) is 11.3 Å². The topological polar surface area (TPSA) is 81.4 Å². The highest BCUT2D eigenvalue weighted by Gasteiger charge is 2.20. The smallest absolute Gasteiger partial charge is 0.342 e. The zero-order valence-electron chi connectivity index (χ0n) is 13.1. The van der Waals surface area contributed by atoms with Crippen LogP contribution in [0.4, 0.5) is 0 Å². The Morgan fingerprint density at radius 3 is 2.57 bits per heavy atom. The van der Waals surface area contributed by atoms with E-state index in [-0.39, 0.29) is 28.7 Å². The summed E-state index contributed by atoms with van der Waals surface area (Å²) >= 11 is 0. The molecule has 6 nitrogen and oxygen atoms in total. The lowest BCUT2D eigenvalue weighted by atomic mass is 9.88. The molecule has 1 aromatic rings. The second-order valence-corrected chi connectivity index (χ2v) is 5.96. The number of carboxylic acids is 1.